The fourth-order valence-corrected chi connectivity index (χ4v) is 4.22. The number of aromatic nitrogens is 1. The van der Waals surface area contributed by atoms with E-state index < -0.39 is 0 Å². The zero-order valence-electron chi connectivity index (χ0n) is 13.0. The van der Waals surface area contributed by atoms with Crippen molar-refractivity contribution in [2.24, 2.45) is 0 Å². The van der Waals surface area contributed by atoms with Crippen LogP contribution in [0.4, 0.5) is 0 Å². The normalized spacial score (nSPS) is 14.3. The minimum absolute atomic E-state index is 0.250. The summed E-state index contributed by atoms with van der Waals surface area (Å²) < 4.78 is 1.97. The van der Waals surface area contributed by atoms with E-state index >= 15 is 0 Å². The number of hydrogen-bond acceptors (Lipinski definition) is 3. The molecule has 1 aliphatic rings. The fourth-order valence-electron chi connectivity index (χ4n) is 3.54. The molecule has 3 heterocycles. The summed E-state index contributed by atoms with van der Waals surface area (Å²) in [5.74, 6) is 0.250. The molecule has 23 heavy (non-hydrogen) atoms. The summed E-state index contributed by atoms with van der Waals surface area (Å²) >= 11 is 1.79. The Labute approximate surface area is 139 Å². The van der Waals surface area contributed by atoms with Crippen LogP contribution in [0.1, 0.15) is 33.8 Å². The van der Waals surface area contributed by atoms with Crippen LogP contribution >= 0.6 is 11.3 Å². The minimum Gasteiger partial charge on any atom is -0.312 e. The Morgan fingerprint density at radius 1 is 1.13 bits per heavy atom. The SMILES string of the molecule is O=C1CCCc2c(CCNCc3cccs3)c3ccccc3n21. The average Bonchev–Trinajstić information content (AvgIpc) is 3.18. The van der Waals surface area contributed by atoms with Gasteiger partial charge in [0, 0.05) is 28.9 Å². The first kappa shape index (κ1) is 14.7. The van der Waals surface area contributed by atoms with Crippen LogP contribution in [0.3, 0.4) is 0 Å². The van der Waals surface area contributed by atoms with Gasteiger partial charge in [-0.25, -0.2) is 0 Å². The maximum absolute atomic E-state index is 12.3. The predicted molar refractivity (Wildman–Crippen MR) is 95.2 cm³/mol. The number of nitrogens with zero attached hydrogens (tertiary/aromatic N) is 1. The highest BCUT2D eigenvalue weighted by molar-refractivity contribution is 7.09. The van der Waals surface area contributed by atoms with Gasteiger partial charge in [0.15, 0.2) is 0 Å². The highest BCUT2D eigenvalue weighted by atomic mass is 32.1. The molecule has 118 valence electrons. The van der Waals surface area contributed by atoms with Crippen molar-refractivity contribution in [1.82, 2.24) is 9.88 Å². The topological polar surface area (TPSA) is 34.0 Å². The first-order valence-corrected chi connectivity index (χ1v) is 9.10. The summed E-state index contributed by atoms with van der Waals surface area (Å²) in [5, 5.41) is 6.88. The molecule has 0 saturated carbocycles. The van der Waals surface area contributed by atoms with E-state index in [-0.39, 0.29) is 5.91 Å². The minimum atomic E-state index is 0.250. The van der Waals surface area contributed by atoms with E-state index in [1.165, 1.54) is 21.5 Å². The highest BCUT2D eigenvalue weighted by Crippen LogP contribution is 2.30. The van der Waals surface area contributed by atoms with E-state index in [1.54, 1.807) is 11.3 Å². The molecular formula is C19H20N2OS. The highest BCUT2D eigenvalue weighted by Gasteiger charge is 2.23. The summed E-state index contributed by atoms with van der Waals surface area (Å²) in [5.41, 5.74) is 3.67. The Balaban J connectivity index is 1.58. The van der Waals surface area contributed by atoms with Crippen molar-refractivity contribution in [3.05, 3.63) is 57.9 Å². The molecule has 3 nitrogen and oxygen atoms in total. The van der Waals surface area contributed by atoms with Gasteiger partial charge in [0.25, 0.3) is 0 Å². The predicted octanol–water partition coefficient (Wildman–Crippen LogP) is 4.01. The second kappa shape index (κ2) is 6.30. The van der Waals surface area contributed by atoms with Gasteiger partial charge in [-0.15, -0.1) is 11.3 Å². The lowest BCUT2D eigenvalue weighted by atomic mass is 10.0. The number of hydrogen-bond donors (Lipinski definition) is 1. The average molecular weight is 324 g/mol. The Bertz CT molecular complexity index is 833. The van der Waals surface area contributed by atoms with Crippen LogP contribution in [0.15, 0.2) is 41.8 Å². The van der Waals surface area contributed by atoms with Gasteiger partial charge in [0.2, 0.25) is 5.91 Å². The Kier molecular flexibility index (Phi) is 4.02. The summed E-state index contributed by atoms with van der Waals surface area (Å²) in [6, 6.07) is 12.6. The maximum atomic E-state index is 12.3. The van der Waals surface area contributed by atoms with E-state index in [0.717, 1.165) is 37.9 Å². The van der Waals surface area contributed by atoms with Crippen molar-refractivity contribution < 1.29 is 4.79 Å². The molecule has 0 saturated heterocycles. The van der Waals surface area contributed by atoms with E-state index in [9.17, 15) is 4.79 Å². The molecule has 0 atom stereocenters. The second-order valence-corrected chi connectivity index (χ2v) is 7.06. The zero-order chi connectivity index (χ0) is 15.6. The second-order valence-electron chi connectivity index (χ2n) is 6.03. The third kappa shape index (κ3) is 2.73. The first-order valence-electron chi connectivity index (χ1n) is 8.22. The molecule has 0 spiro atoms. The number of benzene rings is 1. The van der Waals surface area contributed by atoms with E-state index in [0.29, 0.717) is 6.42 Å². The summed E-state index contributed by atoms with van der Waals surface area (Å²) in [7, 11) is 0. The molecule has 1 aromatic carbocycles. The molecule has 2 aromatic heterocycles. The molecule has 0 fully saturated rings. The van der Waals surface area contributed by atoms with Crippen molar-refractivity contribution >= 4 is 28.1 Å². The van der Waals surface area contributed by atoms with Gasteiger partial charge in [-0.2, -0.15) is 0 Å². The summed E-state index contributed by atoms with van der Waals surface area (Å²) in [6.07, 6.45) is 3.63. The van der Waals surface area contributed by atoms with Gasteiger partial charge in [-0.1, -0.05) is 24.3 Å². The van der Waals surface area contributed by atoms with E-state index in [2.05, 4.69) is 41.0 Å². The lowest BCUT2D eigenvalue weighted by Gasteiger charge is -2.16. The number of carbonyl (C=O) groups is 1. The third-order valence-corrected chi connectivity index (χ3v) is 5.45. The van der Waals surface area contributed by atoms with Crippen LogP contribution in [0.5, 0.6) is 0 Å². The molecule has 3 aromatic rings. The number of para-hydroxylation sites is 1. The van der Waals surface area contributed by atoms with Gasteiger partial charge in [0.1, 0.15) is 0 Å². The number of nitrogens with one attached hydrogen (secondary N) is 1. The third-order valence-electron chi connectivity index (χ3n) is 4.57. The Hall–Kier alpha value is -1.91. The summed E-state index contributed by atoms with van der Waals surface area (Å²) in [6.45, 7) is 1.86. The first-order chi connectivity index (χ1) is 11.3. The number of thiophene rings is 1. The molecule has 4 heteroatoms. The Morgan fingerprint density at radius 2 is 2.04 bits per heavy atom. The Morgan fingerprint density at radius 3 is 2.91 bits per heavy atom. The molecule has 0 bridgehead atoms. The molecule has 0 unspecified atom stereocenters. The smallest absolute Gasteiger partial charge is 0.231 e. The monoisotopic (exact) mass is 324 g/mol. The molecule has 0 aliphatic carbocycles. The zero-order valence-corrected chi connectivity index (χ0v) is 13.9. The quantitative estimate of drug-likeness (QED) is 0.720. The van der Waals surface area contributed by atoms with Crippen molar-refractivity contribution in [3.63, 3.8) is 0 Å². The molecular weight excluding hydrogens is 304 g/mol. The van der Waals surface area contributed by atoms with Crippen LogP contribution in [0.2, 0.25) is 0 Å². The van der Waals surface area contributed by atoms with Gasteiger partial charge in [-0.3, -0.25) is 9.36 Å². The lowest BCUT2D eigenvalue weighted by Crippen LogP contribution is -2.21. The molecule has 4 rings (SSSR count). The standard InChI is InChI=1S/C19H20N2OS/c22-19-9-3-8-18-16(10-11-20-13-14-5-4-12-23-14)15-6-1-2-7-17(15)21(18)19/h1-2,4-7,12,20H,3,8-11,13H2. The largest absolute Gasteiger partial charge is 0.312 e. The van der Waals surface area contributed by atoms with Crippen LogP contribution in [-0.4, -0.2) is 17.0 Å². The van der Waals surface area contributed by atoms with Crippen molar-refractivity contribution in [2.45, 2.75) is 32.2 Å². The van der Waals surface area contributed by atoms with Gasteiger partial charge < -0.3 is 5.32 Å². The fraction of sp³-hybridized carbons (Fsp3) is 0.316. The van der Waals surface area contributed by atoms with E-state index in [4.69, 9.17) is 0 Å². The van der Waals surface area contributed by atoms with Crippen LogP contribution < -0.4 is 5.32 Å². The van der Waals surface area contributed by atoms with Crippen LogP contribution in [0, 0.1) is 0 Å². The number of carbonyl (C=O) groups excluding carboxylic acids is 1. The van der Waals surface area contributed by atoms with Gasteiger partial charge in [0.05, 0.1) is 5.52 Å². The van der Waals surface area contributed by atoms with Gasteiger partial charge in [-0.05, 0) is 48.9 Å². The lowest BCUT2D eigenvalue weighted by molar-refractivity contribution is 0.0889. The van der Waals surface area contributed by atoms with Crippen molar-refractivity contribution in [3.8, 4) is 0 Å². The van der Waals surface area contributed by atoms with Crippen LogP contribution in [-0.2, 0) is 19.4 Å². The van der Waals surface area contributed by atoms with Crippen LogP contribution in [0.25, 0.3) is 10.9 Å². The molecule has 0 radical (unpaired) electrons. The number of fused-ring (bicyclic) bond motifs is 3. The van der Waals surface area contributed by atoms with Crippen molar-refractivity contribution in [1.29, 1.82) is 0 Å². The molecule has 1 aliphatic heterocycles. The summed E-state index contributed by atoms with van der Waals surface area (Å²) in [4.78, 5) is 13.7. The van der Waals surface area contributed by atoms with Gasteiger partial charge >= 0.3 is 0 Å². The molecule has 1 N–H and O–H groups in total. The van der Waals surface area contributed by atoms with Crippen molar-refractivity contribution in [2.75, 3.05) is 6.54 Å². The van der Waals surface area contributed by atoms with E-state index in [1.807, 2.05) is 10.6 Å². The molecule has 0 amide bonds. The number of rotatable bonds is 5. The maximum Gasteiger partial charge on any atom is 0.231 e.